The second-order valence-corrected chi connectivity index (χ2v) is 7.21. The van der Waals surface area contributed by atoms with E-state index in [4.69, 9.17) is 5.26 Å². The minimum atomic E-state index is -0.192. The Morgan fingerprint density at radius 1 is 1.43 bits per heavy atom. The maximum Gasteiger partial charge on any atom is 0.253 e. The molecule has 1 aliphatic rings. The standard InChI is InChI=1S/C18H23N3OS/c1-14(23-16-10-3-2-4-11-16)18(22)21-20-17-12-6-5-8-15(17)9-7-13-19/h2-4,10-11,14-15H,5-9,12H2,1H3,(H,21,22)/b20-17-/t14-,15+/m1/s1. The number of nitrogens with zero attached hydrogens (tertiary/aromatic N) is 2. The van der Waals surface area contributed by atoms with Crippen molar-refractivity contribution in [1.29, 1.82) is 5.26 Å². The average molecular weight is 329 g/mol. The Kier molecular flexibility index (Phi) is 7.15. The SMILES string of the molecule is C[C@@H](Sc1ccccc1)C(=O)N/N=C1/CCCC[C@H]1CCC#N. The van der Waals surface area contributed by atoms with Gasteiger partial charge in [0.05, 0.1) is 11.3 Å². The Morgan fingerprint density at radius 3 is 2.96 bits per heavy atom. The van der Waals surface area contributed by atoms with Crippen molar-refractivity contribution in [3.63, 3.8) is 0 Å². The van der Waals surface area contributed by atoms with Gasteiger partial charge < -0.3 is 0 Å². The molecule has 0 saturated heterocycles. The van der Waals surface area contributed by atoms with Crippen LogP contribution in [0.15, 0.2) is 40.3 Å². The summed E-state index contributed by atoms with van der Waals surface area (Å²) in [5, 5.41) is 12.9. The van der Waals surface area contributed by atoms with E-state index >= 15 is 0 Å². The highest BCUT2D eigenvalue weighted by molar-refractivity contribution is 8.00. The number of carbonyl (C=O) groups excluding carboxylic acids is 1. The first kappa shape index (κ1) is 17.6. The van der Waals surface area contributed by atoms with Gasteiger partial charge in [-0.2, -0.15) is 10.4 Å². The largest absolute Gasteiger partial charge is 0.272 e. The minimum Gasteiger partial charge on any atom is -0.272 e. The van der Waals surface area contributed by atoms with Gasteiger partial charge in [-0.25, -0.2) is 5.43 Å². The van der Waals surface area contributed by atoms with Crippen LogP contribution in [0.2, 0.25) is 0 Å². The molecule has 4 nitrogen and oxygen atoms in total. The summed E-state index contributed by atoms with van der Waals surface area (Å²) < 4.78 is 0. The van der Waals surface area contributed by atoms with Crippen LogP contribution >= 0.6 is 11.8 Å². The molecule has 0 aromatic heterocycles. The fourth-order valence-electron chi connectivity index (χ4n) is 2.74. The maximum atomic E-state index is 12.2. The summed E-state index contributed by atoms with van der Waals surface area (Å²) in [6.07, 6.45) is 5.70. The van der Waals surface area contributed by atoms with E-state index in [1.807, 2.05) is 37.3 Å². The third-order valence-corrected chi connectivity index (χ3v) is 5.16. The monoisotopic (exact) mass is 329 g/mol. The van der Waals surface area contributed by atoms with Gasteiger partial charge in [0.1, 0.15) is 0 Å². The number of thioether (sulfide) groups is 1. The van der Waals surface area contributed by atoms with E-state index in [0.29, 0.717) is 12.3 Å². The van der Waals surface area contributed by atoms with Crippen LogP contribution in [0.25, 0.3) is 0 Å². The van der Waals surface area contributed by atoms with Crippen LogP contribution in [0.1, 0.15) is 45.4 Å². The van der Waals surface area contributed by atoms with Crippen LogP contribution in [0.4, 0.5) is 0 Å². The highest BCUT2D eigenvalue weighted by atomic mass is 32.2. The molecule has 0 bridgehead atoms. The number of hydrogen-bond donors (Lipinski definition) is 1. The molecular formula is C18H23N3OS. The van der Waals surface area contributed by atoms with Crippen molar-refractivity contribution in [2.24, 2.45) is 11.0 Å². The molecule has 1 aromatic rings. The summed E-state index contributed by atoms with van der Waals surface area (Å²) in [6.45, 7) is 1.89. The van der Waals surface area contributed by atoms with Crippen molar-refractivity contribution in [2.75, 3.05) is 0 Å². The number of rotatable bonds is 6. The van der Waals surface area contributed by atoms with E-state index in [-0.39, 0.29) is 11.2 Å². The van der Waals surface area contributed by atoms with E-state index in [1.54, 1.807) is 0 Å². The summed E-state index contributed by atoms with van der Waals surface area (Å²) in [4.78, 5) is 13.3. The molecule has 1 fully saturated rings. The first-order valence-electron chi connectivity index (χ1n) is 8.15. The van der Waals surface area contributed by atoms with Gasteiger partial charge in [0.15, 0.2) is 0 Å². The summed E-state index contributed by atoms with van der Waals surface area (Å²) in [5.74, 6) is 0.275. The Balaban J connectivity index is 1.89. The molecule has 2 rings (SSSR count). The zero-order valence-corrected chi connectivity index (χ0v) is 14.3. The van der Waals surface area contributed by atoms with Crippen molar-refractivity contribution in [2.45, 2.75) is 55.6 Å². The van der Waals surface area contributed by atoms with E-state index in [1.165, 1.54) is 18.2 Å². The maximum absolute atomic E-state index is 12.2. The molecule has 0 aliphatic heterocycles. The summed E-state index contributed by atoms with van der Waals surface area (Å²) in [5.41, 5.74) is 3.78. The van der Waals surface area contributed by atoms with Crippen LogP contribution in [-0.4, -0.2) is 16.9 Å². The van der Waals surface area contributed by atoms with Gasteiger partial charge >= 0.3 is 0 Å². The van der Waals surface area contributed by atoms with Gasteiger partial charge in [0, 0.05) is 22.9 Å². The molecule has 2 atom stereocenters. The molecule has 0 unspecified atom stereocenters. The number of hydrogen-bond acceptors (Lipinski definition) is 4. The summed E-state index contributed by atoms with van der Waals surface area (Å²) >= 11 is 1.53. The van der Waals surface area contributed by atoms with E-state index in [2.05, 4.69) is 16.6 Å². The van der Waals surface area contributed by atoms with E-state index in [0.717, 1.165) is 36.3 Å². The molecule has 1 N–H and O–H groups in total. The van der Waals surface area contributed by atoms with Crippen LogP contribution in [0, 0.1) is 17.2 Å². The molecule has 1 saturated carbocycles. The lowest BCUT2D eigenvalue weighted by Crippen LogP contribution is -2.30. The summed E-state index contributed by atoms with van der Waals surface area (Å²) in [7, 11) is 0. The van der Waals surface area contributed by atoms with Gasteiger partial charge in [-0.05, 0) is 44.7 Å². The van der Waals surface area contributed by atoms with Gasteiger partial charge in [0.2, 0.25) is 0 Å². The number of nitriles is 1. The smallest absolute Gasteiger partial charge is 0.253 e. The molecule has 5 heteroatoms. The zero-order chi connectivity index (χ0) is 16.5. The van der Waals surface area contributed by atoms with Crippen molar-refractivity contribution >= 4 is 23.4 Å². The average Bonchev–Trinajstić information content (AvgIpc) is 2.59. The molecule has 23 heavy (non-hydrogen) atoms. The normalized spacial score (nSPS) is 20.7. The van der Waals surface area contributed by atoms with Crippen LogP contribution in [-0.2, 0) is 4.79 Å². The van der Waals surface area contributed by atoms with Crippen molar-refractivity contribution in [3.05, 3.63) is 30.3 Å². The number of nitrogens with one attached hydrogen (secondary N) is 1. The topological polar surface area (TPSA) is 65.2 Å². The fraction of sp³-hybridized carbons (Fsp3) is 0.500. The molecular weight excluding hydrogens is 306 g/mol. The second kappa shape index (κ2) is 9.36. The Hall–Kier alpha value is -1.80. The highest BCUT2D eigenvalue weighted by Crippen LogP contribution is 2.26. The Morgan fingerprint density at radius 2 is 2.22 bits per heavy atom. The van der Waals surface area contributed by atoms with Gasteiger partial charge in [-0.15, -0.1) is 11.8 Å². The molecule has 0 radical (unpaired) electrons. The van der Waals surface area contributed by atoms with Crippen molar-refractivity contribution < 1.29 is 4.79 Å². The van der Waals surface area contributed by atoms with Crippen LogP contribution in [0.3, 0.4) is 0 Å². The fourth-order valence-corrected chi connectivity index (χ4v) is 3.62. The second-order valence-electron chi connectivity index (χ2n) is 5.79. The number of hydrazone groups is 1. The van der Waals surface area contributed by atoms with Crippen molar-refractivity contribution in [3.8, 4) is 6.07 Å². The molecule has 1 aliphatic carbocycles. The Labute approximate surface area is 142 Å². The third-order valence-electron chi connectivity index (χ3n) is 4.05. The molecule has 0 heterocycles. The minimum absolute atomic E-state index is 0.0732. The number of benzene rings is 1. The van der Waals surface area contributed by atoms with E-state index in [9.17, 15) is 4.79 Å². The van der Waals surface area contributed by atoms with Crippen molar-refractivity contribution in [1.82, 2.24) is 5.43 Å². The predicted octanol–water partition coefficient (Wildman–Crippen LogP) is 4.13. The number of amides is 1. The third kappa shape index (κ3) is 5.72. The predicted molar refractivity (Wildman–Crippen MR) is 94.1 cm³/mol. The molecule has 0 spiro atoms. The van der Waals surface area contributed by atoms with E-state index < -0.39 is 0 Å². The van der Waals surface area contributed by atoms with Gasteiger partial charge in [-0.3, -0.25) is 4.79 Å². The lowest BCUT2D eigenvalue weighted by molar-refractivity contribution is -0.120. The Bertz CT molecular complexity index is 580. The molecule has 122 valence electrons. The highest BCUT2D eigenvalue weighted by Gasteiger charge is 2.21. The van der Waals surface area contributed by atoms with Crippen LogP contribution in [0.5, 0.6) is 0 Å². The molecule has 1 aromatic carbocycles. The summed E-state index contributed by atoms with van der Waals surface area (Å²) in [6, 6.07) is 12.1. The lowest BCUT2D eigenvalue weighted by Gasteiger charge is -2.23. The van der Waals surface area contributed by atoms with Gasteiger partial charge in [-0.1, -0.05) is 24.6 Å². The lowest BCUT2D eigenvalue weighted by atomic mass is 9.84. The number of carbonyl (C=O) groups is 1. The molecule has 1 amide bonds. The first-order valence-corrected chi connectivity index (χ1v) is 9.03. The van der Waals surface area contributed by atoms with Gasteiger partial charge in [0.25, 0.3) is 5.91 Å². The zero-order valence-electron chi connectivity index (χ0n) is 13.5. The quantitative estimate of drug-likeness (QED) is 0.630. The first-order chi connectivity index (χ1) is 11.2. The van der Waals surface area contributed by atoms with Crippen LogP contribution < -0.4 is 5.43 Å².